The number of nitro groups is 1. The minimum Gasteiger partial charge on any atom is -0.493 e. The van der Waals surface area contributed by atoms with Gasteiger partial charge in [-0.25, -0.2) is 4.39 Å². The summed E-state index contributed by atoms with van der Waals surface area (Å²) in [6.07, 6.45) is 0.594. The molecule has 0 aliphatic rings. The Hall–Kier alpha value is -2.14. The molecule has 0 saturated heterocycles. The molecule has 0 heterocycles. The van der Waals surface area contributed by atoms with E-state index in [0.717, 1.165) is 5.56 Å². The van der Waals surface area contributed by atoms with E-state index in [1.54, 1.807) is 18.2 Å². The quantitative estimate of drug-likeness (QED) is 0.459. The van der Waals surface area contributed by atoms with Crippen molar-refractivity contribution in [1.29, 1.82) is 0 Å². The van der Waals surface area contributed by atoms with Crippen LogP contribution in [0.3, 0.4) is 0 Å². The molecule has 6 heteroatoms. The lowest BCUT2D eigenvalue weighted by atomic mass is 10.1. The minimum atomic E-state index is -0.439. The second kappa shape index (κ2) is 7.04. The highest BCUT2D eigenvalue weighted by Gasteiger charge is 2.06. The SMILES string of the molecule is O=[N+]([O-])c1ccc(CCOc2ccc(F)cc2CCl)cc1. The van der Waals surface area contributed by atoms with E-state index < -0.39 is 4.92 Å². The number of ether oxygens (including phenoxy) is 1. The van der Waals surface area contributed by atoms with Crippen molar-refractivity contribution in [3.8, 4) is 5.75 Å². The van der Waals surface area contributed by atoms with Crippen molar-refractivity contribution in [2.24, 2.45) is 0 Å². The number of non-ortho nitro benzene ring substituents is 1. The lowest BCUT2D eigenvalue weighted by Gasteiger charge is -2.10. The van der Waals surface area contributed by atoms with Crippen molar-refractivity contribution in [2.75, 3.05) is 6.61 Å². The van der Waals surface area contributed by atoms with Gasteiger partial charge < -0.3 is 4.74 Å². The van der Waals surface area contributed by atoms with Crippen LogP contribution in [0.15, 0.2) is 42.5 Å². The predicted octanol–water partition coefficient (Wildman–Crippen LogP) is 4.09. The molecule has 0 fully saturated rings. The molecule has 21 heavy (non-hydrogen) atoms. The van der Waals surface area contributed by atoms with Crippen LogP contribution in [0, 0.1) is 15.9 Å². The number of alkyl halides is 1. The van der Waals surface area contributed by atoms with E-state index in [1.807, 2.05) is 0 Å². The Morgan fingerprint density at radius 3 is 2.52 bits per heavy atom. The van der Waals surface area contributed by atoms with E-state index in [4.69, 9.17) is 16.3 Å². The van der Waals surface area contributed by atoms with Crippen molar-refractivity contribution < 1.29 is 14.1 Å². The van der Waals surface area contributed by atoms with Crippen LogP contribution in [0.5, 0.6) is 5.75 Å². The fourth-order valence-corrected chi connectivity index (χ4v) is 2.07. The molecular formula is C15H13ClFNO3. The summed E-state index contributed by atoms with van der Waals surface area (Å²) in [4.78, 5) is 10.1. The molecule has 0 radical (unpaired) electrons. The van der Waals surface area contributed by atoms with Crippen LogP contribution in [0.1, 0.15) is 11.1 Å². The second-order valence-electron chi connectivity index (χ2n) is 4.41. The van der Waals surface area contributed by atoms with Gasteiger partial charge in [0.2, 0.25) is 0 Å². The fourth-order valence-electron chi connectivity index (χ4n) is 1.86. The molecule has 0 bridgehead atoms. The number of halogens is 2. The predicted molar refractivity (Wildman–Crippen MR) is 78.3 cm³/mol. The van der Waals surface area contributed by atoms with Gasteiger partial charge in [-0.2, -0.15) is 0 Å². The average Bonchev–Trinajstić information content (AvgIpc) is 2.49. The maximum Gasteiger partial charge on any atom is 0.269 e. The number of nitrogens with zero attached hydrogens (tertiary/aromatic N) is 1. The van der Waals surface area contributed by atoms with Gasteiger partial charge in [-0.3, -0.25) is 10.1 Å². The zero-order chi connectivity index (χ0) is 15.2. The highest BCUT2D eigenvalue weighted by atomic mass is 35.5. The van der Waals surface area contributed by atoms with Gasteiger partial charge in [0.05, 0.1) is 17.4 Å². The average molecular weight is 310 g/mol. The fraction of sp³-hybridized carbons (Fsp3) is 0.200. The molecule has 0 N–H and O–H groups in total. The van der Waals surface area contributed by atoms with Gasteiger partial charge in [0.1, 0.15) is 11.6 Å². The summed E-state index contributed by atoms with van der Waals surface area (Å²) in [6.45, 7) is 0.382. The lowest BCUT2D eigenvalue weighted by molar-refractivity contribution is -0.384. The normalized spacial score (nSPS) is 10.4. The van der Waals surface area contributed by atoms with Gasteiger partial charge >= 0.3 is 0 Å². The number of rotatable bonds is 6. The molecular weight excluding hydrogens is 297 g/mol. The molecule has 0 saturated carbocycles. The molecule has 4 nitrogen and oxygen atoms in total. The maximum atomic E-state index is 13.1. The Bertz CT molecular complexity index is 631. The van der Waals surface area contributed by atoms with Gasteiger partial charge in [-0.15, -0.1) is 11.6 Å². The van der Waals surface area contributed by atoms with Crippen LogP contribution in [0.2, 0.25) is 0 Å². The third-order valence-electron chi connectivity index (χ3n) is 2.96. The van der Waals surface area contributed by atoms with Gasteiger partial charge in [-0.05, 0) is 23.8 Å². The molecule has 0 aliphatic carbocycles. The largest absolute Gasteiger partial charge is 0.493 e. The van der Waals surface area contributed by atoms with Crippen molar-refractivity contribution >= 4 is 17.3 Å². The first kappa shape index (κ1) is 15.3. The summed E-state index contributed by atoms with van der Waals surface area (Å²) < 4.78 is 18.6. The van der Waals surface area contributed by atoms with Crippen molar-refractivity contribution in [1.82, 2.24) is 0 Å². The van der Waals surface area contributed by atoms with Crippen LogP contribution < -0.4 is 4.74 Å². The smallest absolute Gasteiger partial charge is 0.269 e. The van der Waals surface area contributed by atoms with Crippen LogP contribution >= 0.6 is 11.6 Å². The standard InChI is InChI=1S/C15H13ClFNO3/c16-10-12-9-13(17)3-6-15(12)21-8-7-11-1-4-14(5-2-11)18(19)20/h1-6,9H,7-8,10H2. The monoisotopic (exact) mass is 309 g/mol. The first-order valence-electron chi connectivity index (χ1n) is 6.30. The lowest BCUT2D eigenvalue weighted by Crippen LogP contribution is -2.03. The van der Waals surface area contributed by atoms with Gasteiger partial charge in [0.25, 0.3) is 5.69 Å². The highest BCUT2D eigenvalue weighted by Crippen LogP contribution is 2.22. The first-order valence-corrected chi connectivity index (χ1v) is 6.84. The second-order valence-corrected chi connectivity index (χ2v) is 4.67. The number of benzene rings is 2. The summed E-state index contributed by atoms with van der Waals surface area (Å²) in [7, 11) is 0. The Balaban J connectivity index is 1.93. The van der Waals surface area contributed by atoms with Gasteiger partial charge in [-0.1, -0.05) is 12.1 Å². The summed E-state index contributed by atoms with van der Waals surface area (Å²) in [5.74, 6) is 0.367. The van der Waals surface area contributed by atoms with Crippen LogP contribution in [0.25, 0.3) is 0 Å². The van der Waals surface area contributed by atoms with Crippen molar-refractivity contribution in [3.05, 3.63) is 69.5 Å². The van der Waals surface area contributed by atoms with Crippen molar-refractivity contribution in [3.63, 3.8) is 0 Å². The Morgan fingerprint density at radius 1 is 1.19 bits per heavy atom. The first-order chi connectivity index (χ1) is 10.1. The van der Waals surface area contributed by atoms with E-state index in [2.05, 4.69) is 0 Å². The molecule has 110 valence electrons. The topological polar surface area (TPSA) is 52.4 Å². The van der Waals surface area contributed by atoms with Crippen LogP contribution in [-0.2, 0) is 12.3 Å². The molecule has 2 aromatic carbocycles. The Kier molecular flexibility index (Phi) is 5.11. The minimum absolute atomic E-state index is 0.0580. The molecule has 2 rings (SSSR count). The molecule has 0 spiro atoms. The molecule has 2 aromatic rings. The molecule has 0 amide bonds. The van der Waals surface area contributed by atoms with E-state index in [-0.39, 0.29) is 17.4 Å². The molecule has 0 aromatic heterocycles. The Morgan fingerprint density at radius 2 is 1.90 bits per heavy atom. The third-order valence-corrected chi connectivity index (χ3v) is 3.25. The Labute approximate surface area is 126 Å². The summed E-state index contributed by atoms with van der Waals surface area (Å²) in [5.41, 5.74) is 1.58. The van der Waals surface area contributed by atoms with E-state index in [1.165, 1.54) is 24.3 Å². The summed E-state index contributed by atoms with van der Waals surface area (Å²) in [5, 5.41) is 10.5. The van der Waals surface area contributed by atoms with Gasteiger partial charge in [0, 0.05) is 24.1 Å². The summed E-state index contributed by atoms with van der Waals surface area (Å²) in [6, 6.07) is 10.5. The van der Waals surface area contributed by atoms with Gasteiger partial charge in [0.15, 0.2) is 0 Å². The third kappa shape index (κ3) is 4.16. The summed E-state index contributed by atoms with van der Waals surface area (Å²) >= 11 is 5.74. The highest BCUT2D eigenvalue weighted by molar-refractivity contribution is 6.17. The van der Waals surface area contributed by atoms with E-state index in [9.17, 15) is 14.5 Å². The van der Waals surface area contributed by atoms with Crippen LogP contribution in [0.4, 0.5) is 10.1 Å². The van der Waals surface area contributed by atoms with E-state index >= 15 is 0 Å². The zero-order valence-corrected chi connectivity index (χ0v) is 11.8. The zero-order valence-electron chi connectivity index (χ0n) is 11.1. The maximum absolute atomic E-state index is 13.1. The number of nitro benzene ring substituents is 1. The van der Waals surface area contributed by atoms with Crippen molar-refractivity contribution in [2.45, 2.75) is 12.3 Å². The van der Waals surface area contributed by atoms with Crippen LogP contribution in [-0.4, -0.2) is 11.5 Å². The van der Waals surface area contributed by atoms with E-state index in [0.29, 0.717) is 24.3 Å². The number of hydrogen-bond donors (Lipinski definition) is 0. The molecule has 0 aliphatic heterocycles. The molecule has 0 atom stereocenters. The number of hydrogen-bond acceptors (Lipinski definition) is 3. The molecule has 0 unspecified atom stereocenters.